The van der Waals surface area contributed by atoms with Crippen LogP contribution in [0.15, 0.2) is 22.6 Å². The highest BCUT2D eigenvalue weighted by atomic mass is 32.1. The predicted octanol–water partition coefficient (Wildman–Crippen LogP) is 3.18. The fraction of sp³-hybridized carbons (Fsp3) is 0.588. The Bertz CT molecular complexity index is 692. The molecule has 23 heavy (non-hydrogen) atoms. The van der Waals surface area contributed by atoms with Gasteiger partial charge in [0.05, 0.1) is 11.7 Å². The molecule has 0 aromatic carbocycles. The fourth-order valence-electron chi connectivity index (χ4n) is 2.56. The number of aryl methyl sites for hydroxylation is 1. The van der Waals surface area contributed by atoms with Gasteiger partial charge in [-0.15, -0.1) is 11.3 Å². The first-order chi connectivity index (χ1) is 11.2. The van der Waals surface area contributed by atoms with E-state index in [1.54, 1.807) is 6.07 Å². The zero-order valence-electron chi connectivity index (χ0n) is 13.9. The van der Waals surface area contributed by atoms with E-state index >= 15 is 0 Å². The summed E-state index contributed by atoms with van der Waals surface area (Å²) >= 11 is 1.45. The molecule has 1 atom stereocenters. The van der Waals surface area contributed by atoms with Gasteiger partial charge in [0.15, 0.2) is 0 Å². The third-order valence-corrected chi connectivity index (χ3v) is 4.98. The molecule has 1 amide bonds. The van der Waals surface area contributed by atoms with Gasteiger partial charge in [-0.2, -0.15) is 0 Å². The Morgan fingerprint density at radius 3 is 3.00 bits per heavy atom. The lowest BCUT2D eigenvalue weighted by Gasteiger charge is -2.15. The van der Waals surface area contributed by atoms with E-state index in [9.17, 15) is 9.59 Å². The van der Waals surface area contributed by atoms with Gasteiger partial charge in [-0.25, -0.2) is 4.98 Å². The molecule has 0 fully saturated rings. The van der Waals surface area contributed by atoms with E-state index in [2.05, 4.69) is 24.1 Å². The largest absolute Gasteiger partial charge is 0.356 e. The number of nitrogens with one attached hydrogen (secondary N) is 1. The number of thiophene rings is 1. The molecule has 0 aliphatic carbocycles. The quantitative estimate of drug-likeness (QED) is 0.765. The van der Waals surface area contributed by atoms with E-state index in [1.807, 2.05) is 5.38 Å². The normalized spacial score (nSPS) is 12.4. The number of aromatic nitrogens is 2. The van der Waals surface area contributed by atoms with Crippen LogP contribution in [0.5, 0.6) is 0 Å². The molecular formula is C17H25N3O2S. The standard InChI is InChI=1S/C17H25N3O2S/c1-3-5-6-13(4-2)11-18-15(21)7-9-20-12-19-16-14(17(20)22)8-10-23-16/h8,10,12-13H,3-7,9,11H2,1-2H3,(H,18,21). The van der Waals surface area contributed by atoms with E-state index in [1.165, 1.54) is 35.1 Å². The number of nitrogens with zero attached hydrogens (tertiary/aromatic N) is 2. The lowest BCUT2D eigenvalue weighted by molar-refractivity contribution is -0.121. The number of fused-ring (bicyclic) bond motifs is 1. The summed E-state index contributed by atoms with van der Waals surface area (Å²) in [5.41, 5.74) is -0.0709. The molecule has 0 saturated carbocycles. The second kappa shape index (κ2) is 8.82. The number of carbonyl (C=O) groups is 1. The van der Waals surface area contributed by atoms with Crippen molar-refractivity contribution in [3.05, 3.63) is 28.1 Å². The first kappa shape index (κ1) is 17.7. The summed E-state index contributed by atoms with van der Waals surface area (Å²) in [4.78, 5) is 29.2. The second-order valence-corrected chi connectivity index (χ2v) is 6.75. The zero-order valence-corrected chi connectivity index (χ0v) is 14.7. The molecule has 2 aromatic heterocycles. The minimum Gasteiger partial charge on any atom is -0.356 e. The highest BCUT2D eigenvalue weighted by Crippen LogP contribution is 2.13. The van der Waals surface area contributed by atoms with Crippen LogP contribution < -0.4 is 10.9 Å². The summed E-state index contributed by atoms with van der Waals surface area (Å²) in [6.45, 7) is 5.44. The second-order valence-electron chi connectivity index (χ2n) is 5.85. The molecule has 0 aliphatic rings. The van der Waals surface area contributed by atoms with Crippen LogP contribution in [0.2, 0.25) is 0 Å². The Morgan fingerprint density at radius 1 is 1.43 bits per heavy atom. The fourth-order valence-corrected chi connectivity index (χ4v) is 3.29. The molecule has 0 aliphatic heterocycles. The van der Waals surface area contributed by atoms with Crippen LogP contribution in [0.1, 0.15) is 46.0 Å². The lowest BCUT2D eigenvalue weighted by Crippen LogP contribution is -2.31. The molecule has 0 saturated heterocycles. The number of rotatable bonds is 9. The summed E-state index contributed by atoms with van der Waals surface area (Å²) in [7, 11) is 0. The summed E-state index contributed by atoms with van der Waals surface area (Å²) in [6.07, 6.45) is 6.47. The first-order valence-electron chi connectivity index (χ1n) is 8.35. The molecule has 1 N–H and O–H groups in total. The van der Waals surface area contributed by atoms with Crippen molar-refractivity contribution in [1.29, 1.82) is 0 Å². The maximum atomic E-state index is 12.2. The third-order valence-electron chi connectivity index (χ3n) is 4.16. The SMILES string of the molecule is CCCCC(CC)CNC(=O)CCn1cnc2sccc2c1=O. The van der Waals surface area contributed by atoms with Crippen molar-refractivity contribution in [2.75, 3.05) is 6.54 Å². The predicted molar refractivity (Wildman–Crippen MR) is 94.8 cm³/mol. The summed E-state index contributed by atoms with van der Waals surface area (Å²) in [5, 5.41) is 5.48. The minimum atomic E-state index is -0.0709. The van der Waals surface area contributed by atoms with E-state index in [0.717, 1.165) is 24.2 Å². The van der Waals surface area contributed by atoms with E-state index < -0.39 is 0 Å². The van der Waals surface area contributed by atoms with Gasteiger partial charge in [0.25, 0.3) is 5.56 Å². The molecule has 2 rings (SSSR count). The molecule has 6 heteroatoms. The Hall–Kier alpha value is -1.69. The smallest absolute Gasteiger partial charge is 0.262 e. The third kappa shape index (κ3) is 4.89. The number of hydrogen-bond acceptors (Lipinski definition) is 4. The number of carbonyl (C=O) groups excluding carboxylic acids is 1. The van der Waals surface area contributed by atoms with E-state index in [4.69, 9.17) is 0 Å². The van der Waals surface area contributed by atoms with Crippen LogP contribution >= 0.6 is 11.3 Å². The van der Waals surface area contributed by atoms with Gasteiger partial charge >= 0.3 is 0 Å². The monoisotopic (exact) mass is 335 g/mol. The molecule has 2 heterocycles. The number of hydrogen-bond donors (Lipinski definition) is 1. The molecule has 1 unspecified atom stereocenters. The van der Waals surface area contributed by atoms with Crippen LogP contribution in [0, 0.1) is 5.92 Å². The Labute approximate surface area is 140 Å². The Balaban J connectivity index is 1.83. The minimum absolute atomic E-state index is 0.00253. The molecule has 0 spiro atoms. The van der Waals surface area contributed by atoms with Gasteiger partial charge in [-0.1, -0.05) is 33.1 Å². The van der Waals surface area contributed by atoms with Crippen molar-refractivity contribution in [3.63, 3.8) is 0 Å². The van der Waals surface area contributed by atoms with Crippen LogP contribution in [-0.2, 0) is 11.3 Å². The van der Waals surface area contributed by atoms with Crippen LogP contribution in [0.3, 0.4) is 0 Å². The molecule has 0 radical (unpaired) electrons. The van der Waals surface area contributed by atoms with Gasteiger partial charge < -0.3 is 5.32 Å². The molecule has 126 valence electrons. The highest BCUT2D eigenvalue weighted by molar-refractivity contribution is 7.16. The van der Waals surface area contributed by atoms with Crippen LogP contribution in [0.25, 0.3) is 10.2 Å². The van der Waals surface area contributed by atoms with Gasteiger partial charge in [-0.3, -0.25) is 14.2 Å². The van der Waals surface area contributed by atoms with Gasteiger partial charge in [-0.05, 0) is 23.8 Å². The molecule has 0 bridgehead atoms. The van der Waals surface area contributed by atoms with Gasteiger partial charge in [0, 0.05) is 19.5 Å². The van der Waals surface area contributed by atoms with E-state index in [0.29, 0.717) is 24.3 Å². The maximum Gasteiger partial charge on any atom is 0.262 e. The average Bonchev–Trinajstić information content (AvgIpc) is 3.04. The number of amides is 1. The maximum absolute atomic E-state index is 12.2. The van der Waals surface area contributed by atoms with E-state index in [-0.39, 0.29) is 11.5 Å². The summed E-state index contributed by atoms with van der Waals surface area (Å²) < 4.78 is 1.52. The van der Waals surface area contributed by atoms with Crippen molar-refractivity contribution < 1.29 is 4.79 Å². The first-order valence-corrected chi connectivity index (χ1v) is 9.23. The molecule has 5 nitrogen and oxygen atoms in total. The molecular weight excluding hydrogens is 310 g/mol. The van der Waals surface area contributed by atoms with Crippen molar-refractivity contribution in [1.82, 2.24) is 14.9 Å². The van der Waals surface area contributed by atoms with Gasteiger partial charge in [0.2, 0.25) is 5.91 Å². The Kier molecular flexibility index (Phi) is 6.77. The van der Waals surface area contributed by atoms with Crippen molar-refractivity contribution in [2.45, 2.75) is 52.5 Å². The lowest BCUT2D eigenvalue weighted by atomic mass is 9.99. The van der Waals surface area contributed by atoms with Crippen molar-refractivity contribution in [3.8, 4) is 0 Å². The highest BCUT2D eigenvalue weighted by Gasteiger charge is 2.10. The van der Waals surface area contributed by atoms with Crippen LogP contribution in [-0.4, -0.2) is 22.0 Å². The molecule has 2 aromatic rings. The topological polar surface area (TPSA) is 64.0 Å². The Morgan fingerprint density at radius 2 is 2.26 bits per heavy atom. The van der Waals surface area contributed by atoms with Gasteiger partial charge in [0.1, 0.15) is 4.83 Å². The average molecular weight is 335 g/mol. The number of unbranched alkanes of at least 4 members (excludes halogenated alkanes) is 1. The van der Waals surface area contributed by atoms with Crippen molar-refractivity contribution >= 4 is 27.5 Å². The summed E-state index contributed by atoms with van der Waals surface area (Å²) in [6, 6.07) is 1.78. The summed E-state index contributed by atoms with van der Waals surface area (Å²) in [5.74, 6) is 0.544. The zero-order chi connectivity index (χ0) is 16.7. The van der Waals surface area contributed by atoms with Crippen molar-refractivity contribution in [2.24, 2.45) is 5.92 Å². The van der Waals surface area contributed by atoms with Crippen LogP contribution in [0.4, 0.5) is 0 Å².